The minimum absolute atomic E-state index is 0.127. The van der Waals surface area contributed by atoms with Crippen LogP contribution < -0.4 is 10.5 Å². The molecular weight excluding hydrogens is 246 g/mol. The second kappa shape index (κ2) is 5.90. The van der Waals surface area contributed by atoms with E-state index in [2.05, 4.69) is 9.84 Å². The van der Waals surface area contributed by atoms with Crippen LogP contribution in [0.15, 0.2) is 36.5 Å². The molecule has 0 aliphatic rings. The van der Waals surface area contributed by atoms with Crippen molar-refractivity contribution in [1.29, 1.82) is 0 Å². The summed E-state index contributed by atoms with van der Waals surface area (Å²) in [7, 11) is 1.29. The van der Waals surface area contributed by atoms with E-state index in [9.17, 15) is 4.79 Å². The Kier molecular flexibility index (Phi) is 4.02. The lowest BCUT2D eigenvalue weighted by Crippen LogP contribution is -2.10. The molecule has 100 valence electrons. The van der Waals surface area contributed by atoms with Crippen molar-refractivity contribution in [3.63, 3.8) is 0 Å². The number of carbonyl (C=O) groups excluding carboxylic acids is 1. The van der Waals surface area contributed by atoms with E-state index in [1.807, 2.05) is 30.3 Å². The van der Waals surface area contributed by atoms with E-state index in [0.717, 1.165) is 5.75 Å². The van der Waals surface area contributed by atoms with E-state index in [4.69, 9.17) is 10.5 Å². The van der Waals surface area contributed by atoms with Crippen LogP contribution in [0.1, 0.15) is 10.5 Å². The van der Waals surface area contributed by atoms with Gasteiger partial charge in [0, 0.05) is 6.20 Å². The number of esters is 1. The molecule has 2 rings (SSSR count). The SMILES string of the molecule is COC(=O)c1nn(CCOc2ccccc2)cc1N. The normalized spacial score (nSPS) is 10.2. The average Bonchev–Trinajstić information content (AvgIpc) is 2.80. The minimum Gasteiger partial charge on any atom is -0.492 e. The van der Waals surface area contributed by atoms with Gasteiger partial charge in [-0.25, -0.2) is 4.79 Å². The molecule has 0 spiro atoms. The van der Waals surface area contributed by atoms with Crippen molar-refractivity contribution in [2.75, 3.05) is 19.5 Å². The standard InChI is InChI=1S/C13H15N3O3/c1-18-13(17)12-11(14)9-16(15-12)7-8-19-10-5-3-2-4-6-10/h2-6,9H,7-8,14H2,1H3. The molecule has 6 heteroatoms. The number of nitrogens with two attached hydrogens (primary N) is 1. The molecule has 1 aromatic carbocycles. The molecule has 1 aromatic heterocycles. The molecule has 0 saturated carbocycles. The number of hydrogen-bond donors (Lipinski definition) is 1. The quantitative estimate of drug-likeness (QED) is 0.821. The van der Waals surface area contributed by atoms with Crippen LogP contribution in [-0.4, -0.2) is 29.5 Å². The summed E-state index contributed by atoms with van der Waals surface area (Å²) in [6.07, 6.45) is 1.58. The Balaban J connectivity index is 1.92. The number of nitrogens with zero attached hydrogens (tertiary/aromatic N) is 2. The fourth-order valence-electron chi connectivity index (χ4n) is 1.58. The fraction of sp³-hybridized carbons (Fsp3) is 0.231. The molecule has 0 fully saturated rings. The molecule has 0 saturated heterocycles. The molecule has 0 unspecified atom stereocenters. The first-order valence-corrected chi connectivity index (χ1v) is 5.80. The van der Waals surface area contributed by atoms with Crippen molar-refractivity contribution < 1.29 is 14.3 Å². The van der Waals surface area contributed by atoms with Gasteiger partial charge in [0.2, 0.25) is 0 Å². The summed E-state index contributed by atoms with van der Waals surface area (Å²) in [5, 5.41) is 4.05. The molecule has 1 heterocycles. The number of hydrogen-bond acceptors (Lipinski definition) is 5. The largest absolute Gasteiger partial charge is 0.492 e. The molecule has 0 radical (unpaired) electrons. The Hall–Kier alpha value is -2.50. The zero-order valence-electron chi connectivity index (χ0n) is 10.6. The lowest BCUT2D eigenvalue weighted by molar-refractivity contribution is 0.0594. The van der Waals surface area contributed by atoms with Gasteiger partial charge in [-0.1, -0.05) is 18.2 Å². The zero-order chi connectivity index (χ0) is 13.7. The number of anilines is 1. The maximum atomic E-state index is 11.3. The van der Waals surface area contributed by atoms with Gasteiger partial charge in [-0.2, -0.15) is 5.10 Å². The number of rotatable bonds is 5. The number of para-hydroxylation sites is 1. The van der Waals surface area contributed by atoms with Crippen LogP contribution in [0, 0.1) is 0 Å². The Morgan fingerprint density at radius 3 is 2.79 bits per heavy atom. The fourth-order valence-corrected chi connectivity index (χ4v) is 1.58. The van der Waals surface area contributed by atoms with Gasteiger partial charge >= 0.3 is 5.97 Å². The van der Waals surface area contributed by atoms with E-state index in [1.165, 1.54) is 7.11 Å². The van der Waals surface area contributed by atoms with E-state index in [1.54, 1.807) is 10.9 Å². The maximum Gasteiger partial charge on any atom is 0.360 e. The van der Waals surface area contributed by atoms with Crippen molar-refractivity contribution >= 4 is 11.7 Å². The molecule has 0 aliphatic heterocycles. The number of nitrogen functional groups attached to an aromatic ring is 1. The maximum absolute atomic E-state index is 11.3. The lowest BCUT2D eigenvalue weighted by Gasteiger charge is -2.05. The van der Waals surface area contributed by atoms with E-state index in [-0.39, 0.29) is 5.69 Å². The van der Waals surface area contributed by atoms with E-state index < -0.39 is 5.97 Å². The van der Waals surface area contributed by atoms with Gasteiger partial charge in [0.1, 0.15) is 12.4 Å². The highest BCUT2D eigenvalue weighted by atomic mass is 16.5. The smallest absolute Gasteiger partial charge is 0.360 e. The number of carbonyl (C=O) groups is 1. The molecule has 19 heavy (non-hydrogen) atoms. The van der Waals surface area contributed by atoms with Gasteiger partial charge in [-0.05, 0) is 12.1 Å². The average molecular weight is 261 g/mol. The van der Waals surface area contributed by atoms with Crippen molar-refractivity contribution in [1.82, 2.24) is 9.78 Å². The van der Waals surface area contributed by atoms with Crippen LogP contribution in [0.25, 0.3) is 0 Å². The summed E-state index contributed by atoms with van der Waals surface area (Å²) in [5.41, 5.74) is 6.10. The summed E-state index contributed by atoms with van der Waals surface area (Å²) in [5.74, 6) is 0.246. The van der Waals surface area contributed by atoms with E-state index in [0.29, 0.717) is 18.8 Å². The highest BCUT2D eigenvalue weighted by Gasteiger charge is 2.14. The van der Waals surface area contributed by atoms with Crippen LogP contribution in [0.3, 0.4) is 0 Å². The molecule has 6 nitrogen and oxygen atoms in total. The van der Waals surface area contributed by atoms with Crippen LogP contribution in [0.4, 0.5) is 5.69 Å². The predicted octanol–water partition coefficient (Wildman–Crippen LogP) is 1.33. The van der Waals surface area contributed by atoms with Gasteiger partial charge in [0.15, 0.2) is 5.69 Å². The van der Waals surface area contributed by atoms with E-state index >= 15 is 0 Å². The van der Waals surface area contributed by atoms with Crippen LogP contribution in [0.5, 0.6) is 5.75 Å². The molecule has 0 aliphatic carbocycles. The first-order chi connectivity index (χ1) is 9.20. The van der Waals surface area contributed by atoms with Crippen LogP contribution in [0.2, 0.25) is 0 Å². The highest BCUT2D eigenvalue weighted by Crippen LogP contribution is 2.11. The van der Waals surface area contributed by atoms with Gasteiger partial charge in [-0.15, -0.1) is 0 Å². The highest BCUT2D eigenvalue weighted by molar-refractivity contribution is 5.92. The van der Waals surface area contributed by atoms with Gasteiger partial charge < -0.3 is 15.2 Å². The molecule has 2 aromatic rings. The summed E-state index contributed by atoms with van der Waals surface area (Å²) in [6, 6.07) is 9.46. The van der Waals surface area contributed by atoms with Gasteiger partial charge in [-0.3, -0.25) is 4.68 Å². The minimum atomic E-state index is -0.541. The summed E-state index contributed by atoms with van der Waals surface area (Å²) >= 11 is 0. The van der Waals surface area contributed by atoms with Crippen LogP contribution >= 0.6 is 0 Å². The Labute approximate surface area is 110 Å². The summed E-state index contributed by atoms with van der Waals surface area (Å²) in [4.78, 5) is 11.3. The Morgan fingerprint density at radius 2 is 2.11 bits per heavy atom. The van der Waals surface area contributed by atoms with Crippen molar-refractivity contribution in [3.8, 4) is 5.75 Å². The van der Waals surface area contributed by atoms with Gasteiger partial charge in [0.25, 0.3) is 0 Å². The second-order valence-corrected chi connectivity index (χ2v) is 3.85. The van der Waals surface area contributed by atoms with Crippen molar-refractivity contribution in [3.05, 3.63) is 42.2 Å². The zero-order valence-corrected chi connectivity index (χ0v) is 10.6. The monoisotopic (exact) mass is 261 g/mol. The Morgan fingerprint density at radius 1 is 1.37 bits per heavy atom. The van der Waals surface area contributed by atoms with Gasteiger partial charge in [0.05, 0.1) is 19.3 Å². The summed E-state index contributed by atoms with van der Waals surface area (Å²) < 4.78 is 11.7. The number of methoxy groups -OCH3 is 1. The molecule has 0 atom stereocenters. The predicted molar refractivity (Wildman–Crippen MR) is 69.9 cm³/mol. The number of aromatic nitrogens is 2. The summed E-state index contributed by atoms with van der Waals surface area (Å²) in [6.45, 7) is 0.932. The number of benzene rings is 1. The third-order valence-corrected chi connectivity index (χ3v) is 2.50. The first-order valence-electron chi connectivity index (χ1n) is 5.80. The molecule has 0 bridgehead atoms. The molecule has 2 N–H and O–H groups in total. The third kappa shape index (κ3) is 3.25. The number of ether oxygens (including phenoxy) is 2. The van der Waals surface area contributed by atoms with Crippen molar-refractivity contribution in [2.24, 2.45) is 0 Å². The topological polar surface area (TPSA) is 79.4 Å². The molecule has 0 amide bonds. The second-order valence-electron chi connectivity index (χ2n) is 3.85. The first kappa shape index (κ1) is 12.9. The molecular formula is C13H15N3O3. The van der Waals surface area contributed by atoms with Crippen LogP contribution in [-0.2, 0) is 11.3 Å². The Bertz CT molecular complexity index is 552. The van der Waals surface area contributed by atoms with Crippen molar-refractivity contribution in [2.45, 2.75) is 6.54 Å². The third-order valence-electron chi connectivity index (χ3n) is 2.50. The lowest BCUT2D eigenvalue weighted by atomic mass is 10.3.